The molecule has 8 heteroatoms. The molecule has 1 aromatic carbocycles. The van der Waals surface area contributed by atoms with Crippen LogP contribution in [0.15, 0.2) is 24.3 Å². The van der Waals surface area contributed by atoms with Gasteiger partial charge in [-0.1, -0.05) is 0 Å². The molecule has 0 aliphatic carbocycles. The molecule has 0 bridgehead atoms. The van der Waals surface area contributed by atoms with E-state index in [2.05, 4.69) is 15.4 Å². The zero-order chi connectivity index (χ0) is 19.7. The number of aromatic nitrogens is 3. The van der Waals surface area contributed by atoms with Crippen LogP contribution in [0.25, 0.3) is 5.65 Å². The van der Waals surface area contributed by atoms with Crippen molar-refractivity contribution in [1.82, 2.24) is 14.6 Å². The smallest absolute Gasteiger partial charge is 0.341 e. The normalized spacial score (nSPS) is 10.8. The molecule has 0 radical (unpaired) electrons. The van der Waals surface area contributed by atoms with E-state index in [1.165, 1.54) is 0 Å². The summed E-state index contributed by atoms with van der Waals surface area (Å²) in [5, 5.41) is 16.0. The van der Waals surface area contributed by atoms with Crippen LogP contribution in [0.4, 0.5) is 5.69 Å². The minimum absolute atomic E-state index is 0.303. The van der Waals surface area contributed by atoms with Crippen molar-refractivity contribution < 1.29 is 19.4 Å². The molecule has 0 fully saturated rings. The van der Waals surface area contributed by atoms with Crippen molar-refractivity contribution in [3.8, 4) is 5.75 Å². The van der Waals surface area contributed by atoms with E-state index in [0.717, 1.165) is 17.0 Å². The number of ether oxygens (including phenoxy) is 1. The van der Waals surface area contributed by atoms with Crippen LogP contribution in [-0.4, -0.2) is 38.2 Å². The summed E-state index contributed by atoms with van der Waals surface area (Å²) in [4.78, 5) is 27.9. The molecular formula is C19H20N4O4. The van der Waals surface area contributed by atoms with Crippen LogP contribution in [0.5, 0.6) is 5.75 Å². The van der Waals surface area contributed by atoms with E-state index in [1.807, 2.05) is 19.9 Å². The molecule has 0 aliphatic rings. The van der Waals surface area contributed by atoms with Gasteiger partial charge < -0.3 is 15.2 Å². The Labute approximate surface area is 155 Å². The van der Waals surface area contributed by atoms with Crippen LogP contribution in [-0.2, 0) is 4.79 Å². The molecule has 0 atom stereocenters. The molecule has 0 unspecified atom stereocenters. The summed E-state index contributed by atoms with van der Waals surface area (Å²) in [7, 11) is 0. The van der Waals surface area contributed by atoms with Gasteiger partial charge in [-0.3, -0.25) is 4.79 Å². The lowest BCUT2D eigenvalue weighted by Crippen LogP contribution is -2.14. The van der Waals surface area contributed by atoms with Crippen molar-refractivity contribution in [2.75, 3.05) is 11.9 Å². The molecule has 0 saturated heterocycles. The first-order chi connectivity index (χ1) is 12.8. The quantitative estimate of drug-likeness (QED) is 0.717. The maximum atomic E-state index is 12.9. The molecule has 0 aliphatic heterocycles. The third kappa shape index (κ3) is 3.74. The molecule has 2 aromatic heterocycles. The van der Waals surface area contributed by atoms with Gasteiger partial charge in [-0.15, -0.1) is 0 Å². The summed E-state index contributed by atoms with van der Waals surface area (Å²) < 4.78 is 6.81. The number of hydrogen-bond donors (Lipinski definition) is 2. The topological polar surface area (TPSA) is 106 Å². The van der Waals surface area contributed by atoms with Crippen molar-refractivity contribution in [2.24, 2.45) is 0 Å². The Morgan fingerprint density at radius 1 is 1.19 bits per heavy atom. The van der Waals surface area contributed by atoms with Crippen LogP contribution in [0.2, 0.25) is 0 Å². The van der Waals surface area contributed by atoms with Crippen molar-refractivity contribution >= 4 is 23.2 Å². The number of aliphatic carboxylic acids is 1. The van der Waals surface area contributed by atoms with Gasteiger partial charge in [-0.25, -0.2) is 14.3 Å². The van der Waals surface area contributed by atoms with Crippen LogP contribution in [0, 0.1) is 27.7 Å². The molecule has 1 amide bonds. The zero-order valence-electron chi connectivity index (χ0n) is 15.5. The van der Waals surface area contributed by atoms with Crippen molar-refractivity contribution in [3.63, 3.8) is 0 Å². The lowest BCUT2D eigenvalue weighted by Gasteiger charge is -2.10. The lowest BCUT2D eigenvalue weighted by molar-refractivity contribution is -0.139. The van der Waals surface area contributed by atoms with Gasteiger partial charge in [0.15, 0.2) is 12.3 Å². The fraction of sp³-hybridized carbons (Fsp3) is 0.263. The predicted octanol–water partition coefficient (Wildman–Crippen LogP) is 2.68. The predicted molar refractivity (Wildman–Crippen MR) is 99.5 cm³/mol. The summed E-state index contributed by atoms with van der Waals surface area (Å²) >= 11 is 0. The van der Waals surface area contributed by atoms with E-state index < -0.39 is 12.6 Å². The van der Waals surface area contributed by atoms with Gasteiger partial charge in [-0.2, -0.15) is 5.10 Å². The Morgan fingerprint density at radius 2 is 1.93 bits per heavy atom. The highest BCUT2D eigenvalue weighted by Crippen LogP contribution is 2.23. The van der Waals surface area contributed by atoms with Crippen molar-refractivity contribution in [2.45, 2.75) is 27.7 Å². The second-order valence-electron chi connectivity index (χ2n) is 6.35. The lowest BCUT2D eigenvalue weighted by atomic mass is 10.1. The van der Waals surface area contributed by atoms with Crippen LogP contribution < -0.4 is 10.1 Å². The maximum absolute atomic E-state index is 12.9. The molecule has 2 heterocycles. The number of aryl methyl sites for hydroxylation is 4. The number of benzene rings is 1. The summed E-state index contributed by atoms with van der Waals surface area (Å²) in [6, 6.07) is 6.87. The number of rotatable bonds is 5. The first-order valence-electron chi connectivity index (χ1n) is 8.36. The van der Waals surface area contributed by atoms with Crippen molar-refractivity contribution in [3.05, 3.63) is 52.5 Å². The first kappa shape index (κ1) is 18.4. The Kier molecular flexibility index (Phi) is 4.81. The van der Waals surface area contributed by atoms with Gasteiger partial charge >= 0.3 is 5.97 Å². The van der Waals surface area contributed by atoms with E-state index >= 15 is 0 Å². The monoisotopic (exact) mass is 368 g/mol. The van der Waals surface area contributed by atoms with E-state index in [-0.39, 0.29) is 5.91 Å². The summed E-state index contributed by atoms with van der Waals surface area (Å²) in [5.41, 5.74) is 4.59. The standard InChI is InChI=1S/C19H20N4O4/c1-10-7-14(27-9-16(24)25)5-6-15(10)21-19(26)17-13(4)22-23-12(3)8-11(2)20-18(17)23/h5-8H,9H2,1-4H3,(H,21,26)(H,24,25). The number of hydrogen-bond acceptors (Lipinski definition) is 5. The van der Waals surface area contributed by atoms with Crippen molar-refractivity contribution in [1.29, 1.82) is 0 Å². The van der Waals surface area contributed by atoms with Crippen LogP contribution in [0.3, 0.4) is 0 Å². The fourth-order valence-electron chi connectivity index (χ4n) is 2.89. The maximum Gasteiger partial charge on any atom is 0.341 e. The molecule has 140 valence electrons. The van der Waals surface area contributed by atoms with Gasteiger partial charge in [0.1, 0.15) is 11.3 Å². The number of anilines is 1. The molecule has 2 N–H and O–H groups in total. The Hall–Kier alpha value is -3.42. The van der Waals surface area contributed by atoms with Gasteiger partial charge in [0.2, 0.25) is 0 Å². The highest BCUT2D eigenvalue weighted by atomic mass is 16.5. The largest absolute Gasteiger partial charge is 0.482 e. The molecule has 3 rings (SSSR count). The van der Waals surface area contributed by atoms with E-state index in [9.17, 15) is 9.59 Å². The number of carbonyl (C=O) groups is 2. The molecule has 0 spiro atoms. The number of carbonyl (C=O) groups excluding carboxylic acids is 1. The van der Waals surface area contributed by atoms with E-state index in [1.54, 1.807) is 36.6 Å². The SMILES string of the molecule is Cc1cc(C)n2nc(C)c(C(=O)Nc3ccc(OCC(=O)O)cc3C)c2n1. The molecule has 27 heavy (non-hydrogen) atoms. The number of amides is 1. The third-order valence-electron chi connectivity index (χ3n) is 4.11. The number of nitrogens with zero attached hydrogens (tertiary/aromatic N) is 3. The van der Waals surface area contributed by atoms with Gasteiger partial charge in [0, 0.05) is 17.1 Å². The Bertz CT molecular complexity index is 1060. The zero-order valence-corrected chi connectivity index (χ0v) is 15.5. The fourth-order valence-corrected chi connectivity index (χ4v) is 2.89. The molecular weight excluding hydrogens is 348 g/mol. The summed E-state index contributed by atoms with van der Waals surface area (Å²) in [6.45, 7) is 6.94. The number of carboxylic acid groups (broad SMARTS) is 1. The van der Waals surface area contributed by atoms with Crippen LogP contribution in [0.1, 0.15) is 33.0 Å². The highest BCUT2D eigenvalue weighted by Gasteiger charge is 2.20. The van der Waals surface area contributed by atoms with Gasteiger partial charge in [-0.05, 0) is 57.5 Å². The molecule has 8 nitrogen and oxygen atoms in total. The number of carboxylic acids is 1. The third-order valence-corrected chi connectivity index (χ3v) is 4.11. The van der Waals surface area contributed by atoms with E-state index in [4.69, 9.17) is 9.84 Å². The highest BCUT2D eigenvalue weighted by molar-refractivity contribution is 6.09. The molecule has 0 saturated carbocycles. The van der Waals surface area contributed by atoms with E-state index in [0.29, 0.717) is 28.3 Å². The second kappa shape index (κ2) is 7.06. The number of nitrogens with one attached hydrogen (secondary N) is 1. The number of fused-ring (bicyclic) bond motifs is 1. The van der Waals surface area contributed by atoms with Gasteiger partial charge in [0.05, 0.1) is 5.69 Å². The van der Waals surface area contributed by atoms with Crippen LogP contribution >= 0.6 is 0 Å². The summed E-state index contributed by atoms with van der Waals surface area (Å²) in [6.07, 6.45) is 0. The Morgan fingerprint density at radius 3 is 2.59 bits per heavy atom. The average Bonchev–Trinajstić information content (AvgIpc) is 2.91. The Balaban J connectivity index is 1.89. The average molecular weight is 368 g/mol. The summed E-state index contributed by atoms with van der Waals surface area (Å²) in [5.74, 6) is -0.929. The molecule has 3 aromatic rings. The van der Waals surface area contributed by atoms with Gasteiger partial charge in [0.25, 0.3) is 5.91 Å². The minimum atomic E-state index is -1.05. The first-order valence-corrected chi connectivity index (χ1v) is 8.36. The minimum Gasteiger partial charge on any atom is -0.482 e. The second-order valence-corrected chi connectivity index (χ2v) is 6.35.